The third kappa shape index (κ3) is 3.61. The summed E-state index contributed by atoms with van der Waals surface area (Å²) in [4.78, 5) is 0. The van der Waals surface area contributed by atoms with Gasteiger partial charge >= 0.3 is 0 Å². The first-order valence-corrected chi connectivity index (χ1v) is 8.43. The van der Waals surface area contributed by atoms with Crippen molar-refractivity contribution in [3.8, 4) is 0 Å². The lowest BCUT2D eigenvalue weighted by molar-refractivity contribution is -0.0995. The van der Waals surface area contributed by atoms with Crippen molar-refractivity contribution in [2.75, 3.05) is 19.8 Å². The van der Waals surface area contributed by atoms with Gasteiger partial charge in [-0.1, -0.05) is 24.3 Å². The Balaban J connectivity index is 1.82. The van der Waals surface area contributed by atoms with E-state index in [0.717, 1.165) is 6.54 Å². The Bertz CT molecular complexity index is 776. The molecule has 0 spiro atoms. The fourth-order valence-electron chi connectivity index (χ4n) is 3.09. The zero-order valence-corrected chi connectivity index (χ0v) is 14.6. The summed E-state index contributed by atoms with van der Waals surface area (Å²) in [7, 11) is 0. The Hall–Kier alpha value is -1.88. The van der Waals surface area contributed by atoms with E-state index >= 15 is 0 Å². The third-order valence-corrected chi connectivity index (χ3v) is 4.22. The summed E-state index contributed by atoms with van der Waals surface area (Å²) in [6.45, 7) is 8.14. The molecule has 0 aliphatic rings. The van der Waals surface area contributed by atoms with Crippen molar-refractivity contribution in [3.05, 3.63) is 47.5 Å². The predicted molar refractivity (Wildman–Crippen MR) is 97.4 cm³/mol. The molecule has 0 amide bonds. The van der Waals surface area contributed by atoms with Gasteiger partial charge in [0.1, 0.15) is 0 Å². The predicted octanol–water partition coefficient (Wildman–Crippen LogP) is 3.78. The molecule has 0 saturated heterocycles. The van der Waals surface area contributed by atoms with Crippen molar-refractivity contribution in [3.63, 3.8) is 0 Å². The molecule has 2 aromatic carbocycles. The van der Waals surface area contributed by atoms with Crippen molar-refractivity contribution in [1.82, 2.24) is 4.57 Å². The highest BCUT2D eigenvalue weighted by Gasteiger charge is 2.10. The molecule has 4 nitrogen and oxygen atoms in total. The smallest absolute Gasteiger partial charge is 0.151 e. The van der Waals surface area contributed by atoms with E-state index in [0.29, 0.717) is 19.8 Å². The largest absolute Gasteiger partial charge is 0.377 e. The second-order valence-electron chi connectivity index (χ2n) is 6.28. The van der Waals surface area contributed by atoms with Crippen molar-refractivity contribution >= 4 is 21.8 Å². The zero-order valence-electron chi connectivity index (χ0n) is 14.6. The Morgan fingerprint density at radius 1 is 0.917 bits per heavy atom. The molecule has 0 aliphatic heterocycles. The van der Waals surface area contributed by atoms with Crippen LogP contribution in [0.2, 0.25) is 0 Å². The van der Waals surface area contributed by atoms with E-state index in [1.807, 2.05) is 0 Å². The summed E-state index contributed by atoms with van der Waals surface area (Å²) in [5, 5.41) is 11.6. The van der Waals surface area contributed by atoms with Crippen molar-refractivity contribution < 1.29 is 14.6 Å². The molecule has 3 rings (SSSR count). The lowest BCUT2D eigenvalue weighted by Crippen LogP contribution is -2.14. The Labute approximate surface area is 142 Å². The number of aryl methyl sites for hydroxylation is 2. The minimum atomic E-state index is -0.739. The summed E-state index contributed by atoms with van der Waals surface area (Å²) in [5.41, 5.74) is 5.02. The second-order valence-corrected chi connectivity index (χ2v) is 6.28. The first-order valence-electron chi connectivity index (χ1n) is 8.43. The van der Waals surface area contributed by atoms with Gasteiger partial charge in [-0.05, 0) is 44.0 Å². The molecule has 1 aromatic heterocycles. The highest BCUT2D eigenvalue weighted by atomic mass is 16.6. The van der Waals surface area contributed by atoms with Gasteiger partial charge in [-0.25, -0.2) is 0 Å². The van der Waals surface area contributed by atoms with Gasteiger partial charge in [0.15, 0.2) is 6.29 Å². The van der Waals surface area contributed by atoms with Gasteiger partial charge in [0.25, 0.3) is 0 Å². The number of ether oxygens (including phenoxy) is 2. The van der Waals surface area contributed by atoms with Gasteiger partial charge in [0.2, 0.25) is 0 Å². The van der Waals surface area contributed by atoms with Crippen LogP contribution in [0.5, 0.6) is 0 Å². The number of rotatable bonds is 7. The molecule has 3 aromatic rings. The van der Waals surface area contributed by atoms with Gasteiger partial charge < -0.3 is 19.1 Å². The van der Waals surface area contributed by atoms with Crippen molar-refractivity contribution in [2.24, 2.45) is 0 Å². The summed E-state index contributed by atoms with van der Waals surface area (Å²) in [6, 6.07) is 13.2. The maximum Gasteiger partial charge on any atom is 0.151 e. The van der Waals surface area contributed by atoms with Crippen LogP contribution in [0.1, 0.15) is 18.1 Å². The van der Waals surface area contributed by atoms with Crippen LogP contribution in [-0.4, -0.2) is 35.8 Å². The Morgan fingerprint density at radius 3 is 2.04 bits per heavy atom. The van der Waals surface area contributed by atoms with Crippen LogP contribution >= 0.6 is 0 Å². The minimum Gasteiger partial charge on any atom is -0.377 e. The number of hydrogen-bond donors (Lipinski definition) is 1. The van der Waals surface area contributed by atoms with Crippen LogP contribution in [0.15, 0.2) is 36.4 Å². The molecule has 1 atom stereocenters. The first-order chi connectivity index (χ1) is 11.6. The average Bonchev–Trinajstić information content (AvgIpc) is 2.83. The van der Waals surface area contributed by atoms with E-state index in [1.54, 1.807) is 6.92 Å². The van der Waals surface area contributed by atoms with Crippen LogP contribution in [0.4, 0.5) is 0 Å². The molecular formula is C20H25NO3. The lowest BCUT2D eigenvalue weighted by Gasteiger charge is -2.10. The molecule has 0 bridgehead atoms. The quantitative estimate of drug-likeness (QED) is 0.530. The van der Waals surface area contributed by atoms with E-state index in [4.69, 9.17) is 14.6 Å². The van der Waals surface area contributed by atoms with Crippen LogP contribution in [-0.2, 0) is 16.0 Å². The highest BCUT2D eigenvalue weighted by molar-refractivity contribution is 6.08. The Morgan fingerprint density at radius 2 is 1.50 bits per heavy atom. The van der Waals surface area contributed by atoms with Crippen molar-refractivity contribution in [2.45, 2.75) is 33.6 Å². The molecule has 1 unspecified atom stereocenters. The topological polar surface area (TPSA) is 43.6 Å². The molecule has 1 N–H and O–H groups in total. The molecule has 4 heteroatoms. The summed E-state index contributed by atoms with van der Waals surface area (Å²) >= 11 is 0. The monoisotopic (exact) mass is 327 g/mol. The number of aliphatic hydroxyl groups is 1. The molecule has 0 aliphatic carbocycles. The van der Waals surface area contributed by atoms with Gasteiger partial charge in [-0.3, -0.25) is 0 Å². The molecule has 0 fully saturated rings. The van der Waals surface area contributed by atoms with E-state index in [2.05, 4.69) is 54.8 Å². The van der Waals surface area contributed by atoms with E-state index < -0.39 is 6.29 Å². The molecule has 0 saturated carbocycles. The van der Waals surface area contributed by atoms with Crippen LogP contribution in [0, 0.1) is 13.8 Å². The number of benzene rings is 2. The normalized spacial score (nSPS) is 13.0. The highest BCUT2D eigenvalue weighted by Crippen LogP contribution is 2.30. The van der Waals surface area contributed by atoms with E-state index in [1.165, 1.54) is 32.9 Å². The summed E-state index contributed by atoms with van der Waals surface area (Å²) in [5.74, 6) is 0. The second kappa shape index (κ2) is 7.34. The maximum atomic E-state index is 9.07. The number of aliphatic hydroxyl groups excluding tert-OH is 1. The standard InChI is InChI=1S/C20H25NO3/c1-14-4-6-17-18-7-5-15(2)13-20(18)21(19(17)12-14)8-9-23-10-11-24-16(3)22/h4-7,12-13,16,22H,8-11H2,1-3H3. The number of aromatic nitrogens is 1. The van der Waals surface area contributed by atoms with E-state index in [-0.39, 0.29) is 0 Å². The van der Waals surface area contributed by atoms with Gasteiger partial charge in [0.05, 0.1) is 19.8 Å². The van der Waals surface area contributed by atoms with Gasteiger partial charge in [0, 0.05) is 28.4 Å². The molecule has 24 heavy (non-hydrogen) atoms. The first kappa shape index (κ1) is 17.0. The molecular weight excluding hydrogens is 302 g/mol. The van der Waals surface area contributed by atoms with Crippen LogP contribution in [0.3, 0.4) is 0 Å². The zero-order chi connectivity index (χ0) is 17.1. The molecule has 0 radical (unpaired) electrons. The van der Waals surface area contributed by atoms with Gasteiger partial charge in [-0.15, -0.1) is 0 Å². The van der Waals surface area contributed by atoms with E-state index in [9.17, 15) is 0 Å². The molecule has 128 valence electrons. The Kier molecular flexibility index (Phi) is 5.19. The van der Waals surface area contributed by atoms with Crippen LogP contribution in [0.25, 0.3) is 21.8 Å². The third-order valence-electron chi connectivity index (χ3n) is 4.22. The SMILES string of the molecule is Cc1ccc2c3ccc(C)cc3n(CCOCCOC(C)O)c2c1. The van der Waals surface area contributed by atoms with Crippen molar-refractivity contribution in [1.29, 1.82) is 0 Å². The fourth-order valence-corrected chi connectivity index (χ4v) is 3.09. The number of hydrogen-bond acceptors (Lipinski definition) is 3. The summed E-state index contributed by atoms with van der Waals surface area (Å²) in [6.07, 6.45) is -0.739. The molecule has 1 heterocycles. The fraction of sp³-hybridized carbons (Fsp3) is 0.400. The maximum absolute atomic E-state index is 9.07. The summed E-state index contributed by atoms with van der Waals surface area (Å²) < 4.78 is 13.1. The average molecular weight is 327 g/mol. The minimum absolute atomic E-state index is 0.406. The van der Waals surface area contributed by atoms with Crippen LogP contribution < -0.4 is 0 Å². The lowest BCUT2D eigenvalue weighted by atomic mass is 10.1. The van der Waals surface area contributed by atoms with Gasteiger partial charge in [-0.2, -0.15) is 0 Å². The number of nitrogens with zero attached hydrogens (tertiary/aromatic N) is 1. The number of fused-ring (bicyclic) bond motifs is 3.